The molecule has 0 N–H and O–H groups in total. The Bertz CT molecular complexity index is 652. The van der Waals surface area contributed by atoms with Crippen molar-refractivity contribution in [3.8, 4) is 0 Å². The lowest BCUT2D eigenvalue weighted by Crippen LogP contribution is -2.13. The van der Waals surface area contributed by atoms with E-state index in [0.717, 1.165) is 3.79 Å². The highest BCUT2D eigenvalue weighted by molar-refractivity contribution is 9.11. The van der Waals surface area contributed by atoms with Crippen molar-refractivity contribution in [2.24, 2.45) is 0 Å². The molecule has 0 aliphatic heterocycles. The van der Waals surface area contributed by atoms with Crippen molar-refractivity contribution in [3.05, 3.63) is 42.9 Å². The van der Waals surface area contributed by atoms with Crippen LogP contribution in [0, 0.1) is 17.0 Å². The monoisotopic (exact) mass is 359 g/mol. The normalized spacial score (nSPS) is 10.5. The molecule has 0 amide bonds. The first-order valence-electron chi connectivity index (χ1n) is 5.58. The van der Waals surface area contributed by atoms with Gasteiger partial charge >= 0.3 is 11.8 Å². The molecule has 0 bridgehead atoms. The molecule has 0 unspecified atom stereocenters. The van der Waals surface area contributed by atoms with Gasteiger partial charge in [-0.15, -0.1) is 11.3 Å². The second-order valence-electron chi connectivity index (χ2n) is 3.81. The standard InChI is InChI=1S/C11H10BrN3O4S/c1-7-13-6-10(15(17)18)14(7)4-5-19-11(16)8-2-3-9(12)20-8/h2-3,6H,4-5H2,1H3. The van der Waals surface area contributed by atoms with Gasteiger partial charge in [0.2, 0.25) is 0 Å². The van der Waals surface area contributed by atoms with Crippen LogP contribution < -0.4 is 0 Å². The predicted molar refractivity (Wildman–Crippen MR) is 75.9 cm³/mol. The molecule has 0 atom stereocenters. The number of hydrogen-bond donors (Lipinski definition) is 0. The van der Waals surface area contributed by atoms with E-state index in [2.05, 4.69) is 20.9 Å². The number of esters is 1. The van der Waals surface area contributed by atoms with E-state index in [1.165, 1.54) is 22.1 Å². The molecule has 2 aromatic heterocycles. The molecule has 0 radical (unpaired) electrons. The number of halogens is 1. The molecule has 0 spiro atoms. The number of aryl methyl sites for hydroxylation is 1. The Morgan fingerprint density at radius 1 is 1.60 bits per heavy atom. The molecule has 0 aliphatic rings. The van der Waals surface area contributed by atoms with Gasteiger partial charge in [0.1, 0.15) is 24.2 Å². The zero-order valence-electron chi connectivity index (χ0n) is 10.4. The summed E-state index contributed by atoms with van der Waals surface area (Å²) < 4.78 is 7.32. The van der Waals surface area contributed by atoms with Crippen LogP contribution in [0.15, 0.2) is 22.1 Å². The van der Waals surface area contributed by atoms with Crippen LogP contribution >= 0.6 is 27.3 Å². The van der Waals surface area contributed by atoms with Gasteiger partial charge in [-0.05, 0) is 33.0 Å². The third-order valence-electron chi connectivity index (χ3n) is 2.54. The van der Waals surface area contributed by atoms with Crippen LogP contribution in [0.25, 0.3) is 0 Å². The number of aromatic nitrogens is 2. The minimum Gasteiger partial charge on any atom is -0.457 e. The summed E-state index contributed by atoms with van der Waals surface area (Å²) in [5, 5.41) is 10.8. The maximum Gasteiger partial charge on any atom is 0.348 e. The molecule has 0 saturated carbocycles. The Hall–Kier alpha value is -1.74. The van der Waals surface area contributed by atoms with Gasteiger partial charge in [-0.2, -0.15) is 0 Å². The highest BCUT2D eigenvalue weighted by Gasteiger charge is 2.18. The van der Waals surface area contributed by atoms with E-state index in [4.69, 9.17) is 4.74 Å². The van der Waals surface area contributed by atoms with Gasteiger partial charge < -0.3 is 14.9 Å². The highest BCUT2D eigenvalue weighted by Crippen LogP contribution is 2.22. The summed E-state index contributed by atoms with van der Waals surface area (Å²) in [6.45, 7) is 1.90. The Labute approximate surface area is 126 Å². The Morgan fingerprint density at radius 2 is 2.35 bits per heavy atom. The van der Waals surface area contributed by atoms with Crippen LogP contribution in [0.4, 0.5) is 5.82 Å². The molecule has 2 rings (SSSR count). The molecule has 106 valence electrons. The number of ether oxygens (including phenoxy) is 1. The van der Waals surface area contributed by atoms with Gasteiger partial charge in [0.05, 0.1) is 3.79 Å². The largest absolute Gasteiger partial charge is 0.457 e. The maximum atomic E-state index is 11.7. The number of carbonyl (C=O) groups excluding carboxylic acids is 1. The van der Waals surface area contributed by atoms with Gasteiger partial charge in [-0.3, -0.25) is 0 Å². The maximum absolute atomic E-state index is 11.7. The van der Waals surface area contributed by atoms with Crippen LogP contribution in [-0.4, -0.2) is 27.1 Å². The number of nitrogens with zero attached hydrogens (tertiary/aromatic N) is 3. The van der Waals surface area contributed by atoms with Crippen molar-refractivity contribution >= 4 is 39.1 Å². The van der Waals surface area contributed by atoms with E-state index < -0.39 is 10.9 Å². The average molecular weight is 360 g/mol. The zero-order chi connectivity index (χ0) is 14.7. The predicted octanol–water partition coefficient (Wildman–Crippen LogP) is 2.78. The third-order valence-corrected chi connectivity index (χ3v) is 4.15. The number of hydrogen-bond acceptors (Lipinski definition) is 6. The molecule has 2 aromatic rings. The summed E-state index contributed by atoms with van der Waals surface area (Å²) in [5.74, 6) is -0.0508. The quantitative estimate of drug-likeness (QED) is 0.465. The fourth-order valence-electron chi connectivity index (χ4n) is 1.60. The first kappa shape index (κ1) is 14.7. The molecule has 0 aromatic carbocycles. The molecule has 9 heteroatoms. The van der Waals surface area contributed by atoms with Crippen LogP contribution in [-0.2, 0) is 11.3 Å². The van der Waals surface area contributed by atoms with E-state index in [-0.39, 0.29) is 19.0 Å². The van der Waals surface area contributed by atoms with Crippen LogP contribution in [0.1, 0.15) is 15.5 Å². The fraction of sp³-hybridized carbons (Fsp3) is 0.273. The van der Waals surface area contributed by atoms with E-state index in [1.54, 1.807) is 19.1 Å². The summed E-state index contributed by atoms with van der Waals surface area (Å²) in [7, 11) is 0. The van der Waals surface area contributed by atoms with Gasteiger partial charge in [-0.1, -0.05) is 0 Å². The summed E-state index contributed by atoms with van der Waals surface area (Å²) in [6, 6.07) is 3.41. The molecular weight excluding hydrogens is 350 g/mol. The fourth-order valence-corrected chi connectivity index (χ4v) is 2.88. The second-order valence-corrected chi connectivity index (χ2v) is 6.28. The third kappa shape index (κ3) is 3.23. The summed E-state index contributed by atoms with van der Waals surface area (Å²) in [4.78, 5) is 26.3. The van der Waals surface area contributed by atoms with E-state index in [1.807, 2.05) is 0 Å². The van der Waals surface area contributed by atoms with E-state index in [0.29, 0.717) is 10.7 Å². The van der Waals surface area contributed by atoms with Crippen LogP contribution in [0.5, 0.6) is 0 Å². The zero-order valence-corrected chi connectivity index (χ0v) is 12.8. The minimum absolute atomic E-state index is 0.0480. The van der Waals surface area contributed by atoms with Gasteiger partial charge in [0.25, 0.3) is 0 Å². The molecule has 7 nitrogen and oxygen atoms in total. The van der Waals surface area contributed by atoms with Crippen molar-refractivity contribution in [1.82, 2.24) is 9.55 Å². The van der Waals surface area contributed by atoms with Gasteiger partial charge in [0.15, 0.2) is 5.82 Å². The van der Waals surface area contributed by atoms with Crippen molar-refractivity contribution < 1.29 is 14.5 Å². The second kappa shape index (κ2) is 6.14. The first-order valence-corrected chi connectivity index (χ1v) is 7.19. The summed E-state index contributed by atoms with van der Waals surface area (Å²) in [6.07, 6.45) is 1.19. The van der Waals surface area contributed by atoms with Crippen molar-refractivity contribution in [2.45, 2.75) is 13.5 Å². The van der Waals surface area contributed by atoms with Crippen LogP contribution in [0.2, 0.25) is 0 Å². The summed E-state index contributed by atoms with van der Waals surface area (Å²) >= 11 is 4.53. The molecule has 2 heterocycles. The molecular formula is C11H10BrN3O4S. The number of nitro groups is 1. The SMILES string of the molecule is Cc1ncc([N+](=O)[O-])n1CCOC(=O)c1ccc(Br)s1. The van der Waals surface area contributed by atoms with Crippen molar-refractivity contribution in [1.29, 1.82) is 0 Å². The number of thiophene rings is 1. The molecule has 0 aliphatic carbocycles. The van der Waals surface area contributed by atoms with Crippen molar-refractivity contribution in [2.75, 3.05) is 6.61 Å². The van der Waals surface area contributed by atoms with E-state index >= 15 is 0 Å². The van der Waals surface area contributed by atoms with E-state index in [9.17, 15) is 14.9 Å². The number of rotatable bonds is 5. The smallest absolute Gasteiger partial charge is 0.348 e. The Kier molecular flexibility index (Phi) is 4.50. The molecule has 0 saturated heterocycles. The van der Waals surface area contributed by atoms with Gasteiger partial charge in [0, 0.05) is 6.92 Å². The number of imidazole rings is 1. The lowest BCUT2D eigenvalue weighted by molar-refractivity contribution is -0.392. The highest BCUT2D eigenvalue weighted by atomic mass is 79.9. The lowest BCUT2D eigenvalue weighted by Gasteiger charge is -2.04. The molecule has 20 heavy (non-hydrogen) atoms. The number of carbonyl (C=O) groups is 1. The average Bonchev–Trinajstić information content (AvgIpc) is 2.96. The van der Waals surface area contributed by atoms with Crippen molar-refractivity contribution in [3.63, 3.8) is 0 Å². The van der Waals surface area contributed by atoms with Crippen LogP contribution in [0.3, 0.4) is 0 Å². The lowest BCUT2D eigenvalue weighted by atomic mass is 10.5. The summed E-state index contributed by atoms with van der Waals surface area (Å²) in [5.41, 5.74) is 0. The van der Waals surface area contributed by atoms with Gasteiger partial charge in [-0.25, -0.2) is 14.3 Å². The molecule has 0 fully saturated rings. The Balaban J connectivity index is 1.95. The Morgan fingerprint density at radius 3 is 2.95 bits per heavy atom. The topological polar surface area (TPSA) is 87.3 Å². The first-order chi connectivity index (χ1) is 9.49. The minimum atomic E-state index is -0.516.